The molecule has 1 fully saturated rings. The van der Waals surface area contributed by atoms with Crippen molar-refractivity contribution in [2.75, 3.05) is 6.16 Å². The van der Waals surface area contributed by atoms with Gasteiger partial charge in [-0.1, -0.05) is 33.8 Å². The number of hydrogen-bond donors (Lipinski definition) is 0. The van der Waals surface area contributed by atoms with Crippen molar-refractivity contribution in [3.05, 3.63) is 12.7 Å². The first-order valence-electron chi connectivity index (χ1n) is 7.18. The monoisotopic (exact) mass is 270 g/mol. The molecule has 0 spiro atoms. The van der Waals surface area contributed by atoms with Crippen LogP contribution in [0.3, 0.4) is 0 Å². The molecule has 0 aromatic carbocycles. The summed E-state index contributed by atoms with van der Waals surface area (Å²) < 4.78 is 5.84. The van der Waals surface area contributed by atoms with Crippen LogP contribution in [-0.4, -0.2) is 23.4 Å². The molecule has 0 aromatic heterocycles. The zero-order valence-electron chi connectivity index (χ0n) is 12.0. The van der Waals surface area contributed by atoms with E-state index in [2.05, 4.69) is 27.4 Å². The standard InChI is InChI=1S/C15H27O2P/c1-5-12(4)13(18-7-3)14(16)17-15(6-2)10-8-9-11-15/h6,12-13,18H,2,5,7-11H2,1,3-4H3. The molecule has 2 nitrogen and oxygen atoms in total. The minimum Gasteiger partial charge on any atom is -0.454 e. The lowest BCUT2D eigenvalue weighted by Gasteiger charge is -2.29. The topological polar surface area (TPSA) is 26.3 Å². The first-order valence-corrected chi connectivity index (χ1v) is 8.46. The quantitative estimate of drug-likeness (QED) is 0.395. The first kappa shape index (κ1) is 15.7. The van der Waals surface area contributed by atoms with Gasteiger partial charge in [-0.3, -0.25) is 4.79 Å². The Labute approximate surface area is 113 Å². The Morgan fingerprint density at radius 2 is 2.06 bits per heavy atom. The number of rotatable bonds is 7. The SMILES string of the molecule is C=CC1(OC(=O)C(PCC)C(C)CC)CCCC1. The maximum absolute atomic E-state index is 12.4. The highest BCUT2D eigenvalue weighted by atomic mass is 31.1. The molecule has 3 heteroatoms. The van der Waals surface area contributed by atoms with Gasteiger partial charge in [0.2, 0.25) is 0 Å². The minimum atomic E-state index is -0.360. The third-order valence-corrected chi connectivity index (χ3v) is 5.67. The molecule has 0 radical (unpaired) electrons. The Hall–Kier alpha value is -0.360. The largest absolute Gasteiger partial charge is 0.454 e. The normalized spacial score (nSPS) is 21.9. The van der Waals surface area contributed by atoms with Crippen LogP contribution in [0.5, 0.6) is 0 Å². The summed E-state index contributed by atoms with van der Waals surface area (Å²) in [5.74, 6) is 0.422. The summed E-state index contributed by atoms with van der Waals surface area (Å²) in [4.78, 5) is 12.4. The van der Waals surface area contributed by atoms with Gasteiger partial charge in [0.25, 0.3) is 0 Å². The van der Waals surface area contributed by atoms with E-state index >= 15 is 0 Å². The van der Waals surface area contributed by atoms with Gasteiger partial charge in [0.05, 0.1) is 5.66 Å². The van der Waals surface area contributed by atoms with Crippen LogP contribution in [0, 0.1) is 5.92 Å². The fourth-order valence-electron chi connectivity index (χ4n) is 2.56. The van der Waals surface area contributed by atoms with Crippen molar-refractivity contribution in [1.82, 2.24) is 0 Å². The number of carbonyl (C=O) groups is 1. The van der Waals surface area contributed by atoms with Crippen LogP contribution in [0.25, 0.3) is 0 Å². The molecule has 0 heterocycles. The third kappa shape index (κ3) is 3.82. The molecule has 0 aromatic rings. The molecular weight excluding hydrogens is 243 g/mol. The fourth-order valence-corrected chi connectivity index (χ4v) is 3.86. The predicted octanol–water partition coefficient (Wildman–Crippen LogP) is 4.14. The van der Waals surface area contributed by atoms with Gasteiger partial charge in [0.1, 0.15) is 5.60 Å². The van der Waals surface area contributed by atoms with E-state index in [4.69, 9.17) is 4.74 Å². The second kappa shape index (κ2) is 7.28. The Morgan fingerprint density at radius 1 is 1.44 bits per heavy atom. The van der Waals surface area contributed by atoms with Gasteiger partial charge >= 0.3 is 5.97 Å². The second-order valence-corrected chi connectivity index (χ2v) is 7.06. The molecule has 1 aliphatic carbocycles. The highest BCUT2D eigenvalue weighted by Gasteiger charge is 2.37. The van der Waals surface area contributed by atoms with Crippen molar-refractivity contribution in [3.63, 3.8) is 0 Å². The summed E-state index contributed by atoms with van der Waals surface area (Å²) in [5, 5.41) is 0. The van der Waals surface area contributed by atoms with E-state index in [0.717, 1.165) is 38.3 Å². The van der Waals surface area contributed by atoms with Crippen LogP contribution in [0.1, 0.15) is 52.9 Å². The molecule has 0 N–H and O–H groups in total. The average Bonchev–Trinajstić information content (AvgIpc) is 2.84. The molecule has 1 aliphatic rings. The number of esters is 1. The number of hydrogen-bond acceptors (Lipinski definition) is 2. The molecule has 0 aliphatic heterocycles. The van der Waals surface area contributed by atoms with Crippen molar-refractivity contribution in [3.8, 4) is 0 Å². The molecule has 1 rings (SSSR count). The lowest BCUT2D eigenvalue weighted by Crippen LogP contribution is -2.36. The first-order chi connectivity index (χ1) is 8.58. The van der Waals surface area contributed by atoms with Crippen LogP contribution in [0.2, 0.25) is 0 Å². The lowest BCUT2D eigenvalue weighted by atomic mass is 10.0. The van der Waals surface area contributed by atoms with Gasteiger partial charge in [-0.25, -0.2) is 0 Å². The van der Waals surface area contributed by atoms with Gasteiger partial charge < -0.3 is 4.74 Å². The smallest absolute Gasteiger partial charge is 0.314 e. The summed E-state index contributed by atoms with van der Waals surface area (Å²) in [5.41, 5.74) is -0.279. The third-order valence-electron chi connectivity index (χ3n) is 4.02. The van der Waals surface area contributed by atoms with E-state index in [1.165, 1.54) is 0 Å². The van der Waals surface area contributed by atoms with E-state index in [-0.39, 0.29) is 17.2 Å². The van der Waals surface area contributed by atoms with Gasteiger partial charge in [-0.05, 0) is 43.8 Å². The summed E-state index contributed by atoms with van der Waals surface area (Å²) in [6, 6.07) is 0. The highest BCUT2D eigenvalue weighted by Crippen LogP contribution is 2.37. The maximum atomic E-state index is 12.4. The van der Waals surface area contributed by atoms with Crippen LogP contribution >= 0.6 is 8.58 Å². The van der Waals surface area contributed by atoms with Crippen molar-refractivity contribution < 1.29 is 9.53 Å². The molecule has 3 unspecified atom stereocenters. The van der Waals surface area contributed by atoms with E-state index in [9.17, 15) is 4.79 Å². The van der Waals surface area contributed by atoms with Gasteiger partial charge in [-0.15, -0.1) is 8.58 Å². The predicted molar refractivity (Wildman–Crippen MR) is 79.6 cm³/mol. The van der Waals surface area contributed by atoms with E-state index < -0.39 is 0 Å². The van der Waals surface area contributed by atoms with Crippen molar-refractivity contribution in [1.29, 1.82) is 0 Å². The Bertz CT molecular complexity index is 282. The summed E-state index contributed by atoms with van der Waals surface area (Å²) in [6.07, 6.45) is 8.13. The second-order valence-electron chi connectivity index (χ2n) is 5.32. The van der Waals surface area contributed by atoms with E-state index in [0.29, 0.717) is 14.5 Å². The van der Waals surface area contributed by atoms with E-state index in [1.807, 2.05) is 6.08 Å². The molecule has 3 atom stereocenters. The zero-order valence-corrected chi connectivity index (χ0v) is 13.0. The van der Waals surface area contributed by atoms with Crippen molar-refractivity contribution in [2.45, 2.75) is 64.1 Å². The van der Waals surface area contributed by atoms with Gasteiger partial charge in [0, 0.05) is 0 Å². The molecule has 18 heavy (non-hydrogen) atoms. The Balaban J connectivity index is 2.68. The van der Waals surface area contributed by atoms with Gasteiger partial charge in [0.15, 0.2) is 0 Å². The molecule has 1 saturated carbocycles. The number of carbonyl (C=O) groups excluding carboxylic acids is 1. The summed E-state index contributed by atoms with van der Waals surface area (Å²) >= 11 is 0. The van der Waals surface area contributed by atoms with Crippen molar-refractivity contribution in [2.24, 2.45) is 5.92 Å². The average molecular weight is 270 g/mol. The summed E-state index contributed by atoms with van der Waals surface area (Å²) in [7, 11) is 0.675. The molecule has 0 amide bonds. The summed E-state index contributed by atoms with van der Waals surface area (Å²) in [6.45, 7) is 10.3. The van der Waals surface area contributed by atoms with E-state index in [1.54, 1.807) is 0 Å². The minimum absolute atomic E-state index is 0.00586. The highest BCUT2D eigenvalue weighted by molar-refractivity contribution is 7.40. The lowest BCUT2D eigenvalue weighted by molar-refractivity contribution is -0.155. The van der Waals surface area contributed by atoms with Crippen LogP contribution in [0.15, 0.2) is 12.7 Å². The Morgan fingerprint density at radius 3 is 2.50 bits per heavy atom. The van der Waals surface area contributed by atoms with Crippen molar-refractivity contribution >= 4 is 14.6 Å². The van der Waals surface area contributed by atoms with Crippen LogP contribution < -0.4 is 0 Å². The van der Waals surface area contributed by atoms with Gasteiger partial charge in [-0.2, -0.15) is 0 Å². The number of ether oxygens (including phenoxy) is 1. The zero-order chi connectivity index (χ0) is 13.6. The fraction of sp³-hybridized carbons (Fsp3) is 0.800. The molecule has 0 bridgehead atoms. The molecular formula is C15H27O2P. The van der Waals surface area contributed by atoms with Crippen LogP contribution in [-0.2, 0) is 9.53 Å². The molecule has 0 saturated heterocycles. The Kier molecular flexibility index (Phi) is 6.35. The maximum Gasteiger partial charge on any atom is 0.314 e. The van der Waals surface area contributed by atoms with Crippen LogP contribution in [0.4, 0.5) is 0 Å². The molecule has 104 valence electrons.